The van der Waals surface area contributed by atoms with E-state index >= 15 is 0 Å². The van der Waals surface area contributed by atoms with Gasteiger partial charge < -0.3 is 9.84 Å². The second-order valence-corrected chi connectivity index (χ2v) is 3.99. The van der Waals surface area contributed by atoms with E-state index in [4.69, 9.17) is 21.4 Å². The van der Waals surface area contributed by atoms with Crippen molar-refractivity contribution >= 4 is 23.6 Å². The number of hydrogen-bond acceptors (Lipinski definition) is 2. The van der Waals surface area contributed by atoms with Gasteiger partial charge in [-0.2, -0.15) is 13.2 Å². The summed E-state index contributed by atoms with van der Waals surface area (Å²) < 4.78 is 42.1. The Bertz CT molecular complexity index is 537. The summed E-state index contributed by atoms with van der Waals surface area (Å²) in [6.45, 7) is 0. The van der Waals surface area contributed by atoms with Crippen molar-refractivity contribution in [2.75, 3.05) is 0 Å². The van der Waals surface area contributed by atoms with E-state index < -0.39 is 18.2 Å². The quantitative estimate of drug-likeness (QED) is 0.856. The Kier molecular flexibility index (Phi) is 2.98. The Morgan fingerprint density at radius 1 is 1.39 bits per heavy atom. The molecule has 1 atom stereocenters. The standard InChI is InChI=1S/C11H6ClF3O3/c12-6-2-3-7-5(9(6)10(16)17)1-4-8(18-7)11(13,14)15/h1-4,8H,(H,16,17). The van der Waals surface area contributed by atoms with Gasteiger partial charge in [0.15, 0.2) is 0 Å². The summed E-state index contributed by atoms with van der Waals surface area (Å²) >= 11 is 5.69. The molecular formula is C11H6ClF3O3. The molecule has 0 saturated heterocycles. The van der Waals surface area contributed by atoms with Gasteiger partial charge in [0.25, 0.3) is 0 Å². The number of halogens is 4. The molecular weight excluding hydrogens is 273 g/mol. The number of carbonyl (C=O) groups is 1. The van der Waals surface area contributed by atoms with Gasteiger partial charge in [-0.3, -0.25) is 0 Å². The van der Waals surface area contributed by atoms with E-state index in [1.165, 1.54) is 12.1 Å². The largest absolute Gasteiger partial charge is 0.478 e. The molecule has 1 aliphatic rings. The van der Waals surface area contributed by atoms with Crippen LogP contribution in [0.15, 0.2) is 18.2 Å². The molecule has 1 N–H and O–H groups in total. The lowest BCUT2D eigenvalue weighted by atomic mass is 10.0. The molecule has 1 aromatic carbocycles. The van der Waals surface area contributed by atoms with Crippen molar-refractivity contribution in [1.29, 1.82) is 0 Å². The molecule has 0 aromatic heterocycles. The zero-order chi connectivity index (χ0) is 13.5. The number of hydrogen-bond donors (Lipinski definition) is 1. The van der Waals surface area contributed by atoms with Crippen LogP contribution < -0.4 is 4.74 Å². The number of carboxylic acid groups (broad SMARTS) is 1. The van der Waals surface area contributed by atoms with Crippen LogP contribution in [0.1, 0.15) is 15.9 Å². The molecule has 0 aliphatic carbocycles. The van der Waals surface area contributed by atoms with Gasteiger partial charge in [0.2, 0.25) is 6.10 Å². The number of fused-ring (bicyclic) bond motifs is 1. The Morgan fingerprint density at radius 3 is 2.61 bits per heavy atom. The molecule has 3 nitrogen and oxygen atoms in total. The minimum Gasteiger partial charge on any atom is -0.478 e. The van der Waals surface area contributed by atoms with Crippen molar-refractivity contribution in [3.8, 4) is 5.75 Å². The lowest BCUT2D eigenvalue weighted by molar-refractivity contribution is -0.180. The Balaban J connectivity index is 2.50. The second kappa shape index (κ2) is 4.20. The fourth-order valence-corrected chi connectivity index (χ4v) is 1.84. The maximum absolute atomic E-state index is 12.5. The highest BCUT2D eigenvalue weighted by Gasteiger charge is 2.42. The molecule has 1 aromatic rings. The van der Waals surface area contributed by atoms with Crippen molar-refractivity contribution in [1.82, 2.24) is 0 Å². The molecule has 2 rings (SSSR count). The Labute approximate surface area is 104 Å². The van der Waals surface area contributed by atoms with Gasteiger partial charge in [0, 0.05) is 5.56 Å². The molecule has 96 valence electrons. The van der Waals surface area contributed by atoms with Crippen molar-refractivity contribution < 1.29 is 27.8 Å². The normalized spacial score (nSPS) is 18.1. The maximum Gasteiger partial charge on any atom is 0.429 e. The van der Waals surface area contributed by atoms with E-state index in [0.717, 1.165) is 12.2 Å². The first kappa shape index (κ1) is 12.8. The van der Waals surface area contributed by atoms with Crippen molar-refractivity contribution in [2.45, 2.75) is 12.3 Å². The third kappa shape index (κ3) is 2.15. The molecule has 0 radical (unpaired) electrons. The first-order valence-corrected chi connectivity index (χ1v) is 5.16. The minimum atomic E-state index is -4.54. The van der Waals surface area contributed by atoms with Crippen LogP contribution in [-0.2, 0) is 0 Å². The van der Waals surface area contributed by atoms with Gasteiger partial charge in [0.05, 0.1) is 10.6 Å². The lowest BCUT2D eigenvalue weighted by Crippen LogP contribution is -2.34. The summed E-state index contributed by atoms with van der Waals surface area (Å²) in [5.41, 5.74) is -0.235. The molecule has 0 fully saturated rings. The monoisotopic (exact) mass is 278 g/mol. The van der Waals surface area contributed by atoms with Crippen LogP contribution in [0.4, 0.5) is 13.2 Å². The van der Waals surface area contributed by atoms with Crippen LogP contribution in [0.2, 0.25) is 5.02 Å². The number of carboxylic acids is 1. The SMILES string of the molecule is O=C(O)c1c(Cl)ccc2c1C=CC(C(F)(F)F)O2. The lowest BCUT2D eigenvalue weighted by Gasteiger charge is -2.24. The van der Waals surface area contributed by atoms with Gasteiger partial charge in [-0.25, -0.2) is 4.79 Å². The number of alkyl halides is 3. The first-order chi connectivity index (χ1) is 8.30. The Morgan fingerprint density at radius 2 is 2.06 bits per heavy atom. The fraction of sp³-hybridized carbons (Fsp3) is 0.182. The van der Waals surface area contributed by atoms with Crippen molar-refractivity contribution in [3.63, 3.8) is 0 Å². The average molecular weight is 279 g/mol. The zero-order valence-corrected chi connectivity index (χ0v) is 9.42. The molecule has 0 amide bonds. The molecule has 18 heavy (non-hydrogen) atoms. The van der Waals surface area contributed by atoms with Crippen LogP contribution in [-0.4, -0.2) is 23.4 Å². The smallest absolute Gasteiger partial charge is 0.429 e. The molecule has 1 aliphatic heterocycles. The molecule has 1 unspecified atom stereocenters. The summed E-state index contributed by atoms with van der Waals surface area (Å²) in [5.74, 6) is -1.47. The summed E-state index contributed by atoms with van der Waals surface area (Å²) in [6.07, 6.45) is -4.80. The van der Waals surface area contributed by atoms with Crippen LogP contribution >= 0.6 is 11.6 Å². The van der Waals surface area contributed by atoms with E-state index in [-0.39, 0.29) is 21.9 Å². The zero-order valence-electron chi connectivity index (χ0n) is 8.66. The van der Waals surface area contributed by atoms with Crippen LogP contribution in [0.3, 0.4) is 0 Å². The number of benzene rings is 1. The van der Waals surface area contributed by atoms with Gasteiger partial charge in [-0.15, -0.1) is 0 Å². The van der Waals surface area contributed by atoms with Crippen LogP contribution in [0, 0.1) is 0 Å². The first-order valence-electron chi connectivity index (χ1n) is 4.78. The van der Waals surface area contributed by atoms with E-state index in [9.17, 15) is 18.0 Å². The maximum atomic E-state index is 12.5. The summed E-state index contributed by atoms with van der Waals surface area (Å²) in [6, 6.07) is 2.41. The minimum absolute atomic E-state index is 0.0375. The summed E-state index contributed by atoms with van der Waals surface area (Å²) in [5, 5.41) is 8.90. The summed E-state index contributed by atoms with van der Waals surface area (Å²) in [4.78, 5) is 11.0. The highest BCUT2D eigenvalue weighted by molar-refractivity contribution is 6.34. The summed E-state index contributed by atoms with van der Waals surface area (Å²) in [7, 11) is 0. The second-order valence-electron chi connectivity index (χ2n) is 3.58. The Hall–Kier alpha value is -1.69. The van der Waals surface area contributed by atoms with Crippen molar-refractivity contribution in [2.24, 2.45) is 0 Å². The molecule has 7 heteroatoms. The highest BCUT2D eigenvalue weighted by Crippen LogP contribution is 2.37. The molecule has 1 heterocycles. The predicted octanol–water partition coefficient (Wildman–Crippen LogP) is 3.37. The molecule has 0 bridgehead atoms. The highest BCUT2D eigenvalue weighted by atomic mass is 35.5. The molecule has 0 saturated carbocycles. The van der Waals surface area contributed by atoms with Crippen LogP contribution in [0.5, 0.6) is 5.75 Å². The third-order valence-electron chi connectivity index (χ3n) is 2.38. The fourth-order valence-electron chi connectivity index (χ4n) is 1.60. The third-order valence-corrected chi connectivity index (χ3v) is 2.70. The van der Waals surface area contributed by atoms with Gasteiger partial charge >= 0.3 is 12.1 Å². The van der Waals surface area contributed by atoms with E-state index in [0.29, 0.717) is 0 Å². The van der Waals surface area contributed by atoms with E-state index in [1.807, 2.05) is 0 Å². The molecule has 0 spiro atoms. The average Bonchev–Trinajstić information content (AvgIpc) is 2.26. The van der Waals surface area contributed by atoms with Gasteiger partial charge in [-0.1, -0.05) is 17.7 Å². The van der Waals surface area contributed by atoms with Gasteiger partial charge in [-0.05, 0) is 18.2 Å². The van der Waals surface area contributed by atoms with E-state index in [2.05, 4.69) is 0 Å². The predicted molar refractivity (Wildman–Crippen MR) is 57.9 cm³/mol. The van der Waals surface area contributed by atoms with Gasteiger partial charge in [0.1, 0.15) is 5.75 Å². The number of aromatic carboxylic acids is 1. The van der Waals surface area contributed by atoms with Crippen LogP contribution in [0.25, 0.3) is 6.08 Å². The topological polar surface area (TPSA) is 46.5 Å². The number of ether oxygens (including phenoxy) is 1. The van der Waals surface area contributed by atoms with E-state index in [1.54, 1.807) is 0 Å². The number of rotatable bonds is 1. The van der Waals surface area contributed by atoms with Crippen molar-refractivity contribution in [3.05, 3.63) is 34.4 Å².